The Bertz CT molecular complexity index is 492. The van der Waals surface area contributed by atoms with E-state index < -0.39 is 16.0 Å². The van der Waals surface area contributed by atoms with Gasteiger partial charge < -0.3 is 0 Å². The van der Waals surface area contributed by atoms with E-state index in [4.69, 9.17) is 0 Å². The van der Waals surface area contributed by atoms with Crippen LogP contribution in [0.5, 0.6) is 0 Å². The van der Waals surface area contributed by atoms with Crippen molar-refractivity contribution in [2.24, 2.45) is 5.92 Å². The summed E-state index contributed by atoms with van der Waals surface area (Å²) in [5, 5.41) is -0.415. The number of benzene rings is 1. The van der Waals surface area contributed by atoms with Crippen LogP contribution in [0, 0.1) is 19.8 Å². The zero-order chi connectivity index (χ0) is 14.7. The third-order valence-electron chi connectivity index (χ3n) is 3.68. The van der Waals surface area contributed by atoms with Crippen LogP contribution in [0.25, 0.3) is 0 Å². The molecule has 0 aliphatic heterocycles. The summed E-state index contributed by atoms with van der Waals surface area (Å²) < 4.78 is 12.4. The molecule has 0 fully saturated rings. The fourth-order valence-corrected chi connectivity index (χ4v) is 3.43. The molecule has 0 aromatic heterocycles. The predicted octanol–water partition coefficient (Wildman–Crippen LogP) is 3.67. The lowest BCUT2D eigenvalue weighted by molar-refractivity contribution is 0.0991. The second kappa shape index (κ2) is 6.47. The van der Waals surface area contributed by atoms with E-state index in [0.717, 1.165) is 11.1 Å². The van der Waals surface area contributed by atoms with Gasteiger partial charge in [-0.3, -0.25) is 9.00 Å². The normalized spacial score (nSPS) is 16.2. The molecule has 0 saturated carbocycles. The Morgan fingerprint density at radius 2 is 1.68 bits per heavy atom. The number of Topliss-reactive ketones (excluding diaryl/α,β-unsaturated/α-hetero) is 1. The lowest BCUT2D eigenvalue weighted by Crippen LogP contribution is -2.32. The van der Waals surface area contributed by atoms with E-state index in [-0.39, 0.29) is 11.0 Å². The highest BCUT2D eigenvalue weighted by Crippen LogP contribution is 2.19. The first-order valence-electron chi connectivity index (χ1n) is 6.76. The van der Waals surface area contributed by atoms with Crippen molar-refractivity contribution in [2.75, 3.05) is 0 Å². The van der Waals surface area contributed by atoms with Crippen LogP contribution in [0.2, 0.25) is 0 Å². The molecule has 3 heteroatoms. The van der Waals surface area contributed by atoms with Gasteiger partial charge in [0.05, 0.1) is 5.25 Å². The molecule has 0 spiro atoms. The third-order valence-corrected chi connectivity index (χ3v) is 5.87. The summed E-state index contributed by atoms with van der Waals surface area (Å²) in [5.41, 5.74) is 2.72. The Labute approximate surface area is 119 Å². The van der Waals surface area contributed by atoms with Crippen molar-refractivity contribution in [2.45, 2.75) is 52.0 Å². The Morgan fingerprint density at radius 3 is 2.21 bits per heavy atom. The summed E-state index contributed by atoms with van der Waals surface area (Å²) in [4.78, 5) is 12.5. The van der Waals surface area contributed by atoms with Crippen molar-refractivity contribution < 1.29 is 9.00 Å². The first kappa shape index (κ1) is 16.1. The Balaban J connectivity index is 3.00. The van der Waals surface area contributed by atoms with Gasteiger partial charge in [-0.25, -0.2) is 0 Å². The maximum Gasteiger partial charge on any atom is 0.178 e. The number of carbonyl (C=O) groups is 1. The van der Waals surface area contributed by atoms with Crippen molar-refractivity contribution >= 4 is 16.6 Å². The fourth-order valence-electron chi connectivity index (χ4n) is 1.92. The van der Waals surface area contributed by atoms with Gasteiger partial charge in [0, 0.05) is 21.6 Å². The van der Waals surface area contributed by atoms with Gasteiger partial charge in [0.1, 0.15) is 0 Å². The monoisotopic (exact) mass is 280 g/mol. The topological polar surface area (TPSA) is 34.1 Å². The summed E-state index contributed by atoms with van der Waals surface area (Å²) in [6, 6.07) is 5.83. The average molecular weight is 280 g/mol. The van der Waals surface area contributed by atoms with Crippen molar-refractivity contribution in [3.8, 4) is 0 Å². The molecule has 0 amide bonds. The largest absolute Gasteiger partial charge is 0.293 e. The van der Waals surface area contributed by atoms with E-state index in [2.05, 4.69) is 0 Å². The minimum Gasteiger partial charge on any atom is -0.293 e. The van der Waals surface area contributed by atoms with Crippen LogP contribution in [0.1, 0.15) is 49.2 Å². The zero-order valence-electron chi connectivity index (χ0n) is 12.7. The molecule has 1 aromatic rings. The van der Waals surface area contributed by atoms with Crippen molar-refractivity contribution in [3.05, 3.63) is 34.9 Å². The number of hydrogen-bond acceptors (Lipinski definition) is 2. The van der Waals surface area contributed by atoms with Gasteiger partial charge in [0.2, 0.25) is 0 Å². The molecule has 1 aromatic carbocycles. The van der Waals surface area contributed by atoms with E-state index in [1.54, 1.807) is 6.92 Å². The lowest BCUT2D eigenvalue weighted by atomic mass is 10.0. The van der Waals surface area contributed by atoms with Gasteiger partial charge in [0.25, 0.3) is 0 Å². The van der Waals surface area contributed by atoms with Crippen LogP contribution in [0.4, 0.5) is 0 Å². The van der Waals surface area contributed by atoms with Gasteiger partial charge in [0.15, 0.2) is 5.78 Å². The predicted molar refractivity (Wildman–Crippen MR) is 82.2 cm³/mol. The molecular formula is C16H24O2S. The second-order valence-corrected chi connectivity index (χ2v) is 7.71. The van der Waals surface area contributed by atoms with E-state index in [1.807, 2.05) is 52.8 Å². The molecule has 2 nitrogen and oxygen atoms in total. The smallest absolute Gasteiger partial charge is 0.178 e. The Hall–Kier alpha value is -0.960. The number of carbonyl (C=O) groups excluding carboxylic acids is 1. The highest BCUT2D eigenvalue weighted by atomic mass is 32.2. The first-order valence-corrected chi connectivity index (χ1v) is 8.04. The third kappa shape index (κ3) is 3.75. The number of rotatable bonds is 5. The van der Waals surface area contributed by atoms with Gasteiger partial charge >= 0.3 is 0 Å². The fraction of sp³-hybridized carbons (Fsp3) is 0.562. The zero-order valence-corrected chi connectivity index (χ0v) is 13.5. The Kier molecular flexibility index (Phi) is 5.48. The molecule has 0 aliphatic rings. The molecule has 1 rings (SSSR count). The maximum atomic E-state index is 12.5. The van der Waals surface area contributed by atoms with E-state index in [9.17, 15) is 9.00 Å². The lowest BCUT2D eigenvalue weighted by Gasteiger charge is -2.20. The SMILES string of the molecule is Cc1ccc(C)c(C(=O)C(C)S(=O)C(C)C(C)C)c1. The van der Waals surface area contributed by atoms with Gasteiger partial charge in [-0.1, -0.05) is 38.5 Å². The minimum absolute atomic E-state index is 0.00738. The minimum atomic E-state index is -1.13. The summed E-state index contributed by atoms with van der Waals surface area (Å²) in [6.07, 6.45) is 0. The second-order valence-electron chi connectivity index (χ2n) is 5.60. The van der Waals surface area contributed by atoms with Gasteiger partial charge in [-0.2, -0.15) is 0 Å². The molecule has 0 N–H and O–H groups in total. The molecular weight excluding hydrogens is 256 g/mol. The molecule has 19 heavy (non-hydrogen) atoms. The molecule has 0 heterocycles. The standard InChI is InChI=1S/C16H24O2S/c1-10(2)13(5)19(18)14(6)16(17)15-9-11(3)7-8-12(15)4/h7-10,13-14H,1-6H3. The van der Waals surface area contributed by atoms with Gasteiger partial charge in [-0.05, 0) is 38.3 Å². The quantitative estimate of drug-likeness (QED) is 0.771. The van der Waals surface area contributed by atoms with Gasteiger partial charge in [-0.15, -0.1) is 0 Å². The molecule has 3 atom stereocenters. The van der Waals surface area contributed by atoms with Crippen LogP contribution in [-0.4, -0.2) is 20.5 Å². The van der Waals surface area contributed by atoms with E-state index in [1.165, 1.54) is 0 Å². The summed E-state index contributed by atoms with van der Waals surface area (Å²) in [6.45, 7) is 11.7. The molecule has 3 unspecified atom stereocenters. The van der Waals surface area contributed by atoms with Crippen LogP contribution >= 0.6 is 0 Å². The van der Waals surface area contributed by atoms with E-state index >= 15 is 0 Å². The molecule has 0 aliphatic carbocycles. The van der Waals surface area contributed by atoms with Crippen molar-refractivity contribution in [3.63, 3.8) is 0 Å². The number of ketones is 1. The molecule has 106 valence electrons. The summed E-state index contributed by atoms with van der Waals surface area (Å²) >= 11 is 0. The summed E-state index contributed by atoms with van der Waals surface area (Å²) in [5.74, 6) is 0.307. The Morgan fingerprint density at radius 1 is 1.11 bits per heavy atom. The number of hydrogen-bond donors (Lipinski definition) is 0. The van der Waals surface area contributed by atoms with Crippen LogP contribution < -0.4 is 0 Å². The molecule has 0 radical (unpaired) electrons. The van der Waals surface area contributed by atoms with E-state index in [0.29, 0.717) is 11.5 Å². The van der Waals surface area contributed by atoms with Crippen LogP contribution in [-0.2, 0) is 10.8 Å². The highest BCUT2D eigenvalue weighted by molar-refractivity contribution is 7.87. The number of aryl methyl sites for hydroxylation is 2. The summed E-state index contributed by atoms with van der Waals surface area (Å²) in [7, 11) is -1.13. The molecule has 0 saturated heterocycles. The van der Waals surface area contributed by atoms with Crippen LogP contribution in [0.15, 0.2) is 18.2 Å². The van der Waals surface area contributed by atoms with Crippen LogP contribution in [0.3, 0.4) is 0 Å². The van der Waals surface area contributed by atoms with Crippen molar-refractivity contribution in [1.82, 2.24) is 0 Å². The first-order chi connectivity index (χ1) is 8.75. The average Bonchev–Trinajstić information content (AvgIpc) is 2.37. The van der Waals surface area contributed by atoms with Crippen molar-refractivity contribution in [1.29, 1.82) is 0 Å². The highest BCUT2D eigenvalue weighted by Gasteiger charge is 2.27. The molecule has 0 bridgehead atoms. The maximum absolute atomic E-state index is 12.5.